The number of nitrogens with zero attached hydrogens (tertiary/aromatic N) is 4. The van der Waals surface area contributed by atoms with Gasteiger partial charge in [0.25, 0.3) is 11.8 Å². The van der Waals surface area contributed by atoms with Gasteiger partial charge in [-0.25, -0.2) is 0 Å². The number of hydrogen-bond acceptors (Lipinski definition) is 6. The number of rotatable bonds is 5. The number of likely N-dealkylation sites (N-methyl/N-ethyl adjacent to an activating group) is 1. The summed E-state index contributed by atoms with van der Waals surface area (Å²) >= 11 is 0. The van der Waals surface area contributed by atoms with E-state index in [2.05, 4.69) is 33.6 Å². The summed E-state index contributed by atoms with van der Waals surface area (Å²) in [5.74, 6) is -1.00. The molecule has 0 radical (unpaired) electrons. The summed E-state index contributed by atoms with van der Waals surface area (Å²) in [4.78, 5) is 28.0. The summed E-state index contributed by atoms with van der Waals surface area (Å²) in [5.41, 5.74) is 0.828. The Kier molecular flexibility index (Phi) is 5.64. The number of aryl methyl sites for hydroxylation is 1. The standard InChI is InChI=1S/C16H21N5O3/c1-11-5-6-14(19-18-11)15(22)17-13(3)24-12(2)16(23)21-9-7-20(4)8-10-21/h5-6H,2-3,7-10H2,1,4H3,(H,17,22). The lowest BCUT2D eigenvalue weighted by Gasteiger charge is -2.32. The largest absolute Gasteiger partial charge is 0.436 e. The molecule has 0 atom stereocenters. The van der Waals surface area contributed by atoms with Crippen LogP contribution >= 0.6 is 0 Å². The van der Waals surface area contributed by atoms with Gasteiger partial charge in [-0.15, -0.1) is 5.10 Å². The number of carbonyl (C=O) groups is 2. The maximum Gasteiger partial charge on any atom is 0.289 e. The maximum absolute atomic E-state index is 12.2. The molecule has 0 aliphatic carbocycles. The van der Waals surface area contributed by atoms with E-state index in [1.165, 1.54) is 6.07 Å². The fraction of sp³-hybridized carbons (Fsp3) is 0.375. The molecule has 2 rings (SSSR count). The molecule has 1 aromatic heterocycles. The van der Waals surface area contributed by atoms with Crippen molar-refractivity contribution >= 4 is 11.8 Å². The van der Waals surface area contributed by atoms with Crippen molar-refractivity contribution in [1.82, 2.24) is 25.3 Å². The molecule has 8 heteroatoms. The molecule has 0 bridgehead atoms. The molecular formula is C16H21N5O3. The average Bonchev–Trinajstić information content (AvgIpc) is 2.55. The zero-order valence-electron chi connectivity index (χ0n) is 13.9. The number of piperazine rings is 1. The van der Waals surface area contributed by atoms with Crippen LogP contribution in [0.25, 0.3) is 0 Å². The van der Waals surface area contributed by atoms with Crippen LogP contribution in [0, 0.1) is 6.92 Å². The summed E-state index contributed by atoms with van der Waals surface area (Å²) in [7, 11) is 2.00. The van der Waals surface area contributed by atoms with Gasteiger partial charge in [0.2, 0.25) is 0 Å². The molecule has 1 aromatic rings. The van der Waals surface area contributed by atoms with Gasteiger partial charge in [-0.3, -0.25) is 14.9 Å². The predicted octanol–water partition coefficient (Wildman–Crippen LogP) is 0.290. The van der Waals surface area contributed by atoms with Crippen LogP contribution in [-0.2, 0) is 9.53 Å². The molecule has 0 unspecified atom stereocenters. The Hall–Kier alpha value is -2.74. The molecular weight excluding hydrogens is 310 g/mol. The Morgan fingerprint density at radius 2 is 1.83 bits per heavy atom. The molecule has 1 fully saturated rings. The van der Waals surface area contributed by atoms with Crippen LogP contribution in [0.2, 0.25) is 0 Å². The van der Waals surface area contributed by atoms with Gasteiger partial charge in [-0.1, -0.05) is 6.58 Å². The Morgan fingerprint density at radius 3 is 2.42 bits per heavy atom. The minimum atomic E-state index is -0.521. The smallest absolute Gasteiger partial charge is 0.289 e. The van der Waals surface area contributed by atoms with Gasteiger partial charge in [0.1, 0.15) is 0 Å². The Balaban J connectivity index is 1.85. The van der Waals surface area contributed by atoms with E-state index >= 15 is 0 Å². The first-order valence-electron chi connectivity index (χ1n) is 7.52. The summed E-state index contributed by atoms with van der Waals surface area (Å²) < 4.78 is 5.23. The Bertz CT molecular complexity index is 648. The number of ether oxygens (including phenoxy) is 1. The fourth-order valence-electron chi connectivity index (χ4n) is 2.11. The Labute approximate surface area is 140 Å². The zero-order valence-corrected chi connectivity index (χ0v) is 13.9. The molecule has 0 saturated carbocycles. The highest BCUT2D eigenvalue weighted by Crippen LogP contribution is 2.09. The molecule has 1 aliphatic heterocycles. The second-order valence-corrected chi connectivity index (χ2v) is 5.56. The van der Waals surface area contributed by atoms with E-state index in [0.717, 1.165) is 13.1 Å². The molecule has 8 nitrogen and oxygen atoms in total. The maximum atomic E-state index is 12.2. The molecule has 1 aliphatic rings. The van der Waals surface area contributed by atoms with Crippen molar-refractivity contribution < 1.29 is 14.3 Å². The van der Waals surface area contributed by atoms with Crippen LogP contribution in [0.5, 0.6) is 0 Å². The summed E-state index contributed by atoms with van der Waals surface area (Å²) in [5, 5.41) is 9.98. The van der Waals surface area contributed by atoms with E-state index in [4.69, 9.17) is 4.74 Å². The van der Waals surface area contributed by atoms with E-state index in [1.54, 1.807) is 17.9 Å². The highest BCUT2D eigenvalue weighted by Gasteiger charge is 2.23. The minimum Gasteiger partial charge on any atom is -0.436 e. The first kappa shape index (κ1) is 17.6. The molecule has 2 heterocycles. The first-order valence-corrected chi connectivity index (χ1v) is 7.52. The van der Waals surface area contributed by atoms with Gasteiger partial charge >= 0.3 is 0 Å². The summed E-state index contributed by atoms with van der Waals surface area (Å²) in [6, 6.07) is 3.20. The van der Waals surface area contributed by atoms with E-state index in [0.29, 0.717) is 18.8 Å². The number of hydrogen-bond donors (Lipinski definition) is 1. The number of nitrogens with one attached hydrogen (secondary N) is 1. The molecule has 128 valence electrons. The number of amides is 2. The van der Waals surface area contributed by atoms with Crippen molar-refractivity contribution in [3.05, 3.63) is 48.3 Å². The van der Waals surface area contributed by atoms with Crippen molar-refractivity contribution in [3.8, 4) is 0 Å². The van der Waals surface area contributed by atoms with Crippen LogP contribution in [0.3, 0.4) is 0 Å². The lowest BCUT2D eigenvalue weighted by molar-refractivity contribution is -0.131. The van der Waals surface area contributed by atoms with E-state index < -0.39 is 5.91 Å². The van der Waals surface area contributed by atoms with Gasteiger partial charge in [0, 0.05) is 26.2 Å². The third kappa shape index (κ3) is 4.63. The molecule has 1 N–H and O–H groups in total. The van der Waals surface area contributed by atoms with Crippen LogP contribution < -0.4 is 5.32 Å². The number of aromatic nitrogens is 2. The normalized spacial score (nSPS) is 14.8. The van der Waals surface area contributed by atoms with Crippen LogP contribution in [0.1, 0.15) is 16.2 Å². The monoisotopic (exact) mass is 331 g/mol. The third-order valence-corrected chi connectivity index (χ3v) is 3.56. The minimum absolute atomic E-state index is 0.0835. The molecule has 1 saturated heterocycles. The van der Waals surface area contributed by atoms with Gasteiger partial charge in [-0.05, 0) is 32.7 Å². The average molecular weight is 331 g/mol. The van der Waals surface area contributed by atoms with E-state index in [9.17, 15) is 9.59 Å². The first-order chi connectivity index (χ1) is 11.4. The SMILES string of the molecule is C=C(NC(=O)c1ccc(C)nn1)OC(=C)C(=O)N1CCN(C)CC1. The van der Waals surface area contributed by atoms with Gasteiger partial charge in [-0.2, -0.15) is 5.10 Å². The lowest BCUT2D eigenvalue weighted by atomic mass is 10.3. The van der Waals surface area contributed by atoms with Gasteiger partial charge < -0.3 is 14.5 Å². The fourth-order valence-corrected chi connectivity index (χ4v) is 2.11. The number of carbonyl (C=O) groups excluding carboxylic acids is 2. The quantitative estimate of drug-likeness (QED) is 0.616. The van der Waals surface area contributed by atoms with E-state index in [-0.39, 0.29) is 23.2 Å². The lowest BCUT2D eigenvalue weighted by Crippen LogP contribution is -2.47. The van der Waals surface area contributed by atoms with E-state index in [1.807, 2.05) is 7.05 Å². The summed E-state index contributed by atoms with van der Waals surface area (Å²) in [6.45, 7) is 11.8. The molecule has 2 amide bonds. The second kappa shape index (κ2) is 7.69. The van der Waals surface area contributed by atoms with Crippen LogP contribution in [0.15, 0.2) is 36.9 Å². The molecule has 24 heavy (non-hydrogen) atoms. The summed E-state index contributed by atoms with van der Waals surface area (Å²) in [6.07, 6.45) is 0. The van der Waals surface area contributed by atoms with Gasteiger partial charge in [0.05, 0.1) is 5.69 Å². The highest BCUT2D eigenvalue weighted by molar-refractivity contribution is 5.93. The Morgan fingerprint density at radius 1 is 1.17 bits per heavy atom. The highest BCUT2D eigenvalue weighted by atomic mass is 16.5. The third-order valence-electron chi connectivity index (χ3n) is 3.56. The van der Waals surface area contributed by atoms with Crippen molar-refractivity contribution in [2.45, 2.75) is 6.92 Å². The second-order valence-electron chi connectivity index (χ2n) is 5.56. The topological polar surface area (TPSA) is 87.7 Å². The van der Waals surface area contributed by atoms with Crippen molar-refractivity contribution in [1.29, 1.82) is 0 Å². The molecule has 0 aromatic carbocycles. The van der Waals surface area contributed by atoms with Gasteiger partial charge in [0.15, 0.2) is 17.3 Å². The molecule has 0 spiro atoms. The predicted molar refractivity (Wildman–Crippen MR) is 87.7 cm³/mol. The zero-order chi connectivity index (χ0) is 17.7. The van der Waals surface area contributed by atoms with Crippen LogP contribution in [0.4, 0.5) is 0 Å². The van der Waals surface area contributed by atoms with Crippen molar-refractivity contribution in [2.75, 3.05) is 33.2 Å². The van der Waals surface area contributed by atoms with Crippen LogP contribution in [-0.4, -0.2) is 65.0 Å². The van der Waals surface area contributed by atoms with Crippen molar-refractivity contribution in [3.63, 3.8) is 0 Å². The van der Waals surface area contributed by atoms with Crippen molar-refractivity contribution in [2.24, 2.45) is 0 Å².